The highest BCUT2D eigenvalue weighted by Crippen LogP contribution is 2.42. The van der Waals surface area contributed by atoms with E-state index in [9.17, 15) is 0 Å². The first-order chi connectivity index (χ1) is 7.95. The zero-order chi connectivity index (χ0) is 12.5. The molecule has 1 aliphatic carbocycles. The number of anilines is 1. The van der Waals surface area contributed by atoms with Gasteiger partial charge >= 0.3 is 0 Å². The molecular weight excluding hydrogens is 250 g/mol. The zero-order valence-electron chi connectivity index (χ0n) is 11.0. The van der Waals surface area contributed by atoms with Crippen LogP contribution in [0.3, 0.4) is 0 Å². The molecule has 0 bridgehead atoms. The minimum Gasteiger partial charge on any atom is -0.359 e. The largest absolute Gasteiger partial charge is 0.359 e. The van der Waals surface area contributed by atoms with Crippen molar-refractivity contribution in [1.29, 1.82) is 0 Å². The van der Waals surface area contributed by atoms with Gasteiger partial charge in [-0.3, -0.25) is 0 Å². The van der Waals surface area contributed by atoms with Crippen molar-refractivity contribution < 1.29 is 0 Å². The predicted molar refractivity (Wildman–Crippen MR) is 77.2 cm³/mol. The molecule has 96 valence electrons. The molecule has 3 nitrogen and oxygen atoms in total. The van der Waals surface area contributed by atoms with Crippen LogP contribution in [0.4, 0.5) is 5.13 Å². The summed E-state index contributed by atoms with van der Waals surface area (Å²) in [6.45, 7) is 7.46. The van der Waals surface area contributed by atoms with Gasteiger partial charge in [-0.25, -0.2) is 4.98 Å². The summed E-state index contributed by atoms with van der Waals surface area (Å²) in [7, 11) is 0. The quantitative estimate of drug-likeness (QED) is 0.909. The van der Waals surface area contributed by atoms with Crippen LogP contribution < -0.4 is 5.32 Å². The molecule has 1 saturated carbocycles. The Morgan fingerprint density at radius 1 is 1.41 bits per heavy atom. The summed E-state index contributed by atoms with van der Waals surface area (Å²) < 4.78 is 4.87. The van der Waals surface area contributed by atoms with Crippen molar-refractivity contribution in [1.82, 2.24) is 9.36 Å². The minimum atomic E-state index is 0.0457. The van der Waals surface area contributed by atoms with E-state index in [0.29, 0.717) is 4.75 Å². The highest BCUT2D eigenvalue weighted by molar-refractivity contribution is 8.00. The summed E-state index contributed by atoms with van der Waals surface area (Å²) in [5.41, 5.74) is 0.0457. The lowest BCUT2D eigenvalue weighted by atomic mass is 9.84. The van der Waals surface area contributed by atoms with E-state index >= 15 is 0 Å². The number of hydrogen-bond donors (Lipinski definition) is 1. The lowest BCUT2D eigenvalue weighted by molar-refractivity contribution is 0.380. The average molecular weight is 271 g/mol. The molecule has 1 N–H and O–H groups in total. The third-order valence-corrected chi connectivity index (χ3v) is 5.45. The molecule has 1 aliphatic rings. The topological polar surface area (TPSA) is 37.8 Å². The first-order valence-corrected chi connectivity index (χ1v) is 8.08. The lowest BCUT2D eigenvalue weighted by Crippen LogP contribution is -2.40. The second-order valence-electron chi connectivity index (χ2n) is 5.77. The Balaban J connectivity index is 1.93. The van der Waals surface area contributed by atoms with Crippen LogP contribution in [0.1, 0.15) is 45.9 Å². The SMILES string of the molecule is CSC1(CNc2nc(C(C)(C)C)ns2)CCC1. The molecule has 0 aliphatic heterocycles. The van der Waals surface area contributed by atoms with Crippen LogP contribution in [-0.2, 0) is 5.41 Å². The van der Waals surface area contributed by atoms with E-state index in [0.717, 1.165) is 17.5 Å². The van der Waals surface area contributed by atoms with Gasteiger partial charge in [-0.1, -0.05) is 27.2 Å². The van der Waals surface area contributed by atoms with E-state index < -0.39 is 0 Å². The van der Waals surface area contributed by atoms with Crippen molar-refractivity contribution in [2.24, 2.45) is 0 Å². The number of aromatic nitrogens is 2. The van der Waals surface area contributed by atoms with Crippen molar-refractivity contribution in [2.45, 2.75) is 50.2 Å². The van der Waals surface area contributed by atoms with Gasteiger partial charge in [0.2, 0.25) is 5.13 Å². The summed E-state index contributed by atoms with van der Waals surface area (Å²) in [5.74, 6) is 0.941. The standard InChI is InChI=1S/C12H21N3S2/c1-11(2,3)9-14-10(17-15-9)13-8-12(16-4)6-5-7-12/h5-8H2,1-4H3,(H,13,14,15). The molecule has 1 heterocycles. The molecule has 0 radical (unpaired) electrons. The maximum absolute atomic E-state index is 4.56. The van der Waals surface area contributed by atoms with Crippen LogP contribution in [0.5, 0.6) is 0 Å². The summed E-state index contributed by atoms with van der Waals surface area (Å²) in [4.78, 5) is 4.56. The maximum Gasteiger partial charge on any atom is 0.202 e. The molecule has 0 atom stereocenters. The molecule has 1 aromatic heterocycles. The van der Waals surface area contributed by atoms with E-state index in [1.807, 2.05) is 11.8 Å². The Hall–Kier alpha value is -0.290. The maximum atomic E-state index is 4.56. The molecule has 0 unspecified atom stereocenters. The van der Waals surface area contributed by atoms with Gasteiger partial charge in [-0.15, -0.1) is 0 Å². The highest BCUT2D eigenvalue weighted by Gasteiger charge is 2.36. The Labute approximate surface area is 112 Å². The summed E-state index contributed by atoms with van der Waals surface area (Å²) >= 11 is 3.47. The van der Waals surface area contributed by atoms with Crippen LogP contribution >= 0.6 is 23.3 Å². The normalized spacial score (nSPS) is 18.8. The molecule has 5 heteroatoms. The number of nitrogens with one attached hydrogen (secondary N) is 1. The first kappa shape index (κ1) is 13.1. The van der Waals surface area contributed by atoms with E-state index in [1.54, 1.807) is 0 Å². The molecule has 17 heavy (non-hydrogen) atoms. The number of nitrogens with zero attached hydrogens (tertiary/aromatic N) is 2. The van der Waals surface area contributed by atoms with E-state index in [1.165, 1.54) is 30.8 Å². The van der Waals surface area contributed by atoms with Crippen molar-refractivity contribution in [3.8, 4) is 0 Å². The van der Waals surface area contributed by atoms with Crippen molar-refractivity contribution in [3.05, 3.63) is 5.82 Å². The Kier molecular flexibility index (Phi) is 3.69. The van der Waals surface area contributed by atoms with Gasteiger partial charge in [0, 0.05) is 28.2 Å². The molecule has 0 amide bonds. The van der Waals surface area contributed by atoms with E-state index in [-0.39, 0.29) is 5.41 Å². The minimum absolute atomic E-state index is 0.0457. The first-order valence-electron chi connectivity index (χ1n) is 6.08. The fourth-order valence-corrected chi connectivity index (χ4v) is 3.53. The third-order valence-electron chi connectivity index (χ3n) is 3.36. The Bertz CT molecular complexity index is 372. The van der Waals surface area contributed by atoms with Crippen molar-refractivity contribution in [2.75, 3.05) is 18.1 Å². The number of rotatable bonds is 4. The van der Waals surface area contributed by atoms with E-state index in [4.69, 9.17) is 0 Å². The van der Waals surface area contributed by atoms with Gasteiger partial charge < -0.3 is 5.32 Å². The Morgan fingerprint density at radius 3 is 2.53 bits per heavy atom. The van der Waals surface area contributed by atoms with Crippen LogP contribution in [-0.4, -0.2) is 26.9 Å². The fourth-order valence-electron chi connectivity index (χ4n) is 1.86. The monoisotopic (exact) mass is 271 g/mol. The second-order valence-corrected chi connectivity index (χ2v) is 7.79. The summed E-state index contributed by atoms with van der Waals surface area (Å²) in [5, 5.41) is 4.42. The molecule has 0 saturated heterocycles. The molecule has 1 aromatic rings. The number of hydrogen-bond acceptors (Lipinski definition) is 5. The van der Waals surface area contributed by atoms with Gasteiger partial charge in [0.1, 0.15) is 5.82 Å². The molecule has 2 rings (SSSR count). The predicted octanol–water partition coefficient (Wildman–Crippen LogP) is 3.53. The molecule has 0 spiro atoms. The summed E-state index contributed by atoms with van der Waals surface area (Å²) in [6.07, 6.45) is 6.23. The molecule has 0 aromatic carbocycles. The van der Waals surface area contributed by atoms with Gasteiger partial charge in [-0.05, 0) is 19.1 Å². The van der Waals surface area contributed by atoms with Gasteiger partial charge in [0.05, 0.1) is 0 Å². The highest BCUT2D eigenvalue weighted by atomic mass is 32.2. The third kappa shape index (κ3) is 2.94. The van der Waals surface area contributed by atoms with Gasteiger partial charge in [0.15, 0.2) is 0 Å². The van der Waals surface area contributed by atoms with Crippen LogP contribution in [0.15, 0.2) is 0 Å². The smallest absolute Gasteiger partial charge is 0.202 e. The molecular formula is C12H21N3S2. The fraction of sp³-hybridized carbons (Fsp3) is 0.833. The van der Waals surface area contributed by atoms with Crippen LogP contribution in [0.25, 0.3) is 0 Å². The molecule has 1 fully saturated rings. The van der Waals surface area contributed by atoms with Crippen LogP contribution in [0, 0.1) is 0 Å². The van der Waals surface area contributed by atoms with Gasteiger partial charge in [-0.2, -0.15) is 16.1 Å². The Morgan fingerprint density at radius 2 is 2.12 bits per heavy atom. The van der Waals surface area contributed by atoms with Crippen LogP contribution in [0.2, 0.25) is 0 Å². The second kappa shape index (κ2) is 4.76. The average Bonchev–Trinajstić information content (AvgIpc) is 2.65. The number of thioether (sulfide) groups is 1. The van der Waals surface area contributed by atoms with Crippen molar-refractivity contribution in [3.63, 3.8) is 0 Å². The summed E-state index contributed by atoms with van der Waals surface area (Å²) in [6, 6.07) is 0. The lowest BCUT2D eigenvalue weighted by Gasteiger charge is -2.40. The zero-order valence-corrected chi connectivity index (χ0v) is 12.7. The van der Waals surface area contributed by atoms with Crippen molar-refractivity contribution >= 4 is 28.4 Å². The van der Waals surface area contributed by atoms with Gasteiger partial charge in [0.25, 0.3) is 0 Å². The van der Waals surface area contributed by atoms with E-state index in [2.05, 4.69) is 41.7 Å².